The van der Waals surface area contributed by atoms with Gasteiger partial charge in [-0.3, -0.25) is 4.79 Å². The lowest BCUT2D eigenvalue weighted by Crippen LogP contribution is -2.30. The van der Waals surface area contributed by atoms with Crippen LogP contribution >= 0.6 is 11.8 Å². The van der Waals surface area contributed by atoms with Gasteiger partial charge in [-0.15, -0.1) is 11.8 Å². The molecule has 7 heteroatoms. The Morgan fingerprint density at radius 2 is 1.96 bits per heavy atom. The first-order chi connectivity index (χ1) is 11.0. The van der Waals surface area contributed by atoms with Crippen LogP contribution in [0.25, 0.3) is 0 Å². The number of hydrogen-bond donors (Lipinski definition) is 1. The molecule has 0 radical (unpaired) electrons. The average Bonchev–Trinajstić information content (AvgIpc) is 2.56. The second-order valence-electron chi connectivity index (χ2n) is 4.60. The topological polar surface area (TPSA) is 68.3 Å². The summed E-state index contributed by atoms with van der Waals surface area (Å²) in [6, 6.07) is 8.52. The highest BCUT2D eigenvalue weighted by Crippen LogP contribution is 2.18. The fourth-order valence-electron chi connectivity index (χ4n) is 1.76. The molecule has 1 aromatic carbocycles. The second-order valence-corrected chi connectivity index (χ2v) is 5.40. The molecule has 1 atom stereocenters. The molecule has 0 fully saturated rings. The molecule has 23 heavy (non-hydrogen) atoms. The lowest BCUT2D eigenvalue weighted by atomic mass is 10.2. The van der Waals surface area contributed by atoms with Crippen molar-refractivity contribution in [3.05, 3.63) is 54.0 Å². The van der Waals surface area contributed by atoms with E-state index in [-0.39, 0.29) is 0 Å². The van der Waals surface area contributed by atoms with E-state index in [4.69, 9.17) is 4.74 Å². The minimum absolute atomic E-state index is 0.307. The predicted octanol–water partition coefficient (Wildman–Crippen LogP) is 3.13. The van der Waals surface area contributed by atoms with E-state index in [1.807, 2.05) is 0 Å². The zero-order chi connectivity index (χ0) is 16.8. The lowest BCUT2D eigenvalue weighted by molar-refractivity contribution is -0.123. The maximum Gasteiger partial charge on any atom is 0.341 e. The van der Waals surface area contributed by atoms with Crippen LogP contribution in [0.3, 0.4) is 0 Å². The molecule has 0 saturated carbocycles. The number of nitrogens with one attached hydrogen (secondary N) is 1. The third-order valence-electron chi connectivity index (χ3n) is 2.95. The Balaban J connectivity index is 2.00. The van der Waals surface area contributed by atoms with Crippen molar-refractivity contribution in [2.45, 2.75) is 18.1 Å². The van der Waals surface area contributed by atoms with Crippen LogP contribution in [0.5, 0.6) is 0 Å². The van der Waals surface area contributed by atoms with Gasteiger partial charge in [0.05, 0.1) is 5.56 Å². The number of ether oxygens (including phenoxy) is 1. The number of amides is 1. The van der Waals surface area contributed by atoms with Crippen LogP contribution < -0.4 is 5.32 Å². The van der Waals surface area contributed by atoms with Crippen LogP contribution in [-0.2, 0) is 9.53 Å². The van der Waals surface area contributed by atoms with Crippen LogP contribution in [0.15, 0.2) is 47.6 Å². The molecule has 0 aliphatic rings. The molecule has 0 unspecified atom stereocenters. The van der Waals surface area contributed by atoms with E-state index in [1.165, 1.54) is 43.0 Å². The van der Waals surface area contributed by atoms with Gasteiger partial charge in [-0.05, 0) is 49.6 Å². The number of halogens is 1. The molecule has 0 bridgehead atoms. The molecule has 1 aromatic heterocycles. The average molecular weight is 334 g/mol. The first-order valence-electron chi connectivity index (χ1n) is 6.77. The number of hydrogen-bond acceptors (Lipinski definition) is 5. The normalized spacial score (nSPS) is 11.6. The van der Waals surface area contributed by atoms with Crippen molar-refractivity contribution in [3.63, 3.8) is 0 Å². The Kier molecular flexibility index (Phi) is 5.70. The number of pyridine rings is 1. The fraction of sp³-hybridized carbons (Fsp3) is 0.188. The van der Waals surface area contributed by atoms with E-state index < -0.39 is 23.8 Å². The summed E-state index contributed by atoms with van der Waals surface area (Å²) in [6.07, 6.45) is 2.37. The fourth-order valence-corrected chi connectivity index (χ4v) is 2.30. The number of aromatic nitrogens is 1. The van der Waals surface area contributed by atoms with Crippen LogP contribution in [-0.4, -0.2) is 29.2 Å². The largest absolute Gasteiger partial charge is 0.449 e. The molecule has 120 valence electrons. The van der Waals surface area contributed by atoms with Crippen LogP contribution in [0.4, 0.5) is 10.1 Å². The summed E-state index contributed by atoms with van der Waals surface area (Å²) in [5, 5.41) is 3.08. The SMILES string of the molecule is CSc1ncccc1C(=O)O[C@@H](C)C(=O)Nc1ccc(F)cc1. The van der Waals surface area contributed by atoms with Gasteiger partial charge in [0.15, 0.2) is 6.10 Å². The van der Waals surface area contributed by atoms with Gasteiger partial charge in [0.25, 0.3) is 5.91 Å². The predicted molar refractivity (Wildman–Crippen MR) is 85.9 cm³/mol. The monoisotopic (exact) mass is 334 g/mol. The molecule has 0 saturated heterocycles. The third kappa shape index (κ3) is 4.53. The minimum Gasteiger partial charge on any atom is -0.449 e. The number of thioether (sulfide) groups is 1. The summed E-state index contributed by atoms with van der Waals surface area (Å²) in [7, 11) is 0. The molecule has 0 aliphatic heterocycles. The van der Waals surface area contributed by atoms with Gasteiger partial charge in [-0.25, -0.2) is 14.2 Å². The van der Waals surface area contributed by atoms with Crippen molar-refractivity contribution in [2.24, 2.45) is 0 Å². The van der Waals surface area contributed by atoms with Crippen molar-refractivity contribution in [2.75, 3.05) is 11.6 Å². The Morgan fingerprint density at radius 1 is 1.26 bits per heavy atom. The number of benzene rings is 1. The van der Waals surface area contributed by atoms with E-state index in [0.29, 0.717) is 16.3 Å². The molecule has 0 aliphatic carbocycles. The lowest BCUT2D eigenvalue weighted by Gasteiger charge is -2.14. The first kappa shape index (κ1) is 17.0. The molecular weight excluding hydrogens is 319 g/mol. The molecule has 2 rings (SSSR count). The van der Waals surface area contributed by atoms with E-state index in [9.17, 15) is 14.0 Å². The van der Waals surface area contributed by atoms with E-state index in [1.54, 1.807) is 24.6 Å². The number of carbonyl (C=O) groups is 2. The maximum absolute atomic E-state index is 12.8. The summed E-state index contributed by atoms with van der Waals surface area (Å²) >= 11 is 1.32. The molecular formula is C16H15FN2O3S. The van der Waals surface area contributed by atoms with Crippen molar-refractivity contribution >= 4 is 29.3 Å². The van der Waals surface area contributed by atoms with Gasteiger partial charge in [-0.1, -0.05) is 0 Å². The molecule has 5 nitrogen and oxygen atoms in total. The molecule has 1 amide bonds. The van der Waals surface area contributed by atoms with Gasteiger partial charge < -0.3 is 10.1 Å². The quantitative estimate of drug-likeness (QED) is 0.672. The van der Waals surface area contributed by atoms with Crippen molar-refractivity contribution < 1.29 is 18.7 Å². The number of esters is 1. The zero-order valence-electron chi connectivity index (χ0n) is 12.6. The summed E-state index contributed by atoms with van der Waals surface area (Å²) in [4.78, 5) is 28.2. The Hall–Kier alpha value is -2.41. The maximum atomic E-state index is 12.8. The van der Waals surface area contributed by atoms with Gasteiger partial charge in [0, 0.05) is 11.9 Å². The van der Waals surface area contributed by atoms with Crippen LogP contribution in [0.2, 0.25) is 0 Å². The highest BCUT2D eigenvalue weighted by molar-refractivity contribution is 7.98. The third-order valence-corrected chi connectivity index (χ3v) is 3.66. The van der Waals surface area contributed by atoms with Gasteiger partial charge in [-0.2, -0.15) is 0 Å². The van der Waals surface area contributed by atoms with Crippen molar-refractivity contribution in [1.29, 1.82) is 0 Å². The summed E-state index contributed by atoms with van der Waals surface area (Å²) in [6.45, 7) is 1.46. The van der Waals surface area contributed by atoms with Crippen LogP contribution in [0, 0.1) is 5.82 Å². The smallest absolute Gasteiger partial charge is 0.341 e. The van der Waals surface area contributed by atoms with Crippen LogP contribution in [0.1, 0.15) is 17.3 Å². The highest BCUT2D eigenvalue weighted by atomic mass is 32.2. The van der Waals surface area contributed by atoms with Crippen molar-refractivity contribution in [1.82, 2.24) is 4.98 Å². The van der Waals surface area contributed by atoms with Gasteiger partial charge in [0.1, 0.15) is 10.8 Å². The number of rotatable bonds is 5. The molecule has 1 heterocycles. The first-order valence-corrected chi connectivity index (χ1v) is 8.00. The Labute approximate surface area is 137 Å². The second kappa shape index (κ2) is 7.73. The zero-order valence-corrected chi connectivity index (χ0v) is 13.4. The van der Waals surface area contributed by atoms with Crippen molar-refractivity contribution in [3.8, 4) is 0 Å². The Bertz CT molecular complexity index is 707. The summed E-state index contributed by atoms with van der Waals surface area (Å²) in [5.41, 5.74) is 0.729. The molecule has 0 spiro atoms. The van der Waals surface area contributed by atoms with Gasteiger partial charge >= 0.3 is 5.97 Å². The number of carbonyl (C=O) groups excluding carboxylic acids is 2. The van der Waals surface area contributed by atoms with E-state index in [0.717, 1.165) is 0 Å². The van der Waals surface area contributed by atoms with E-state index in [2.05, 4.69) is 10.3 Å². The number of nitrogens with zero attached hydrogens (tertiary/aromatic N) is 1. The van der Waals surface area contributed by atoms with Gasteiger partial charge in [0.2, 0.25) is 0 Å². The highest BCUT2D eigenvalue weighted by Gasteiger charge is 2.21. The summed E-state index contributed by atoms with van der Waals surface area (Å²) in [5.74, 6) is -1.52. The molecule has 1 N–H and O–H groups in total. The number of anilines is 1. The standard InChI is InChI=1S/C16H15FN2O3S/c1-10(14(20)19-12-7-5-11(17)6-8-12)22-16(21)13-4-3-9-18-15(13)23-2/h3-10H,1-2H3,(H,19,20)/t10-/m0/s1. The van der Waals surface area contributed by atoms with E-state index >= 15 is 0 Å². The Morgan fingerprint density at radius 3 is 2.61 bits per heavy atom. The molecule has 2 aromatic rings. The minimum atomic E-state index is -0.998. The summed E-state index contributed by atoms with van der Waals surface area (Å²) < 4.78 is 18.0.